The van der Waals surface area contributed by atoms with Gasteiger partial charge in [0, 0.05) is 25.4 Å². The number of pyridine rings is 1. The summed E-state index contributed by atoms with van der Waals surface area (Å²) in [6.07, 6.45) is 1.79. The maximum Gasteiger partial charge on any atom is 0.170 e. The van der Waals surface area contributed by atoms with Crippen LogP contribution in [0.4, 0.5) is 0 Å². The van der Waals surface area contributed by atoms with E-state index >= 15 is 0 Å². The predicted octanol–water partition coefficient (Wildman–Crippen LogP) is 4.36. The average molecular weight is 424 g/mol. The van der Waals surface area contributed by atoms with Crippen LogP contribution in [0.3, 0.4) is 0 Å². The van der Waals surface area contributed by atoms with Crippen molar-refractivity contribution in [3.05, 3.63) is 72.2 Å². The van der Waals surface area contributed by atoms with Crippen LogP contribution < -0.4 is 10.1 Å². The first-order valence-corrected chi connectivity index (χ1v) is 10.4. The largest absolute Gasteiger partial charge is 0.494 e. The summed E-state index contributed by atoms with van der Waals surface area (Å²) in [6.45, 7) is 3.85. The minimum atomic E-state index is -0.112. The molecule has 1 aliphatic heterocycles. The van der Waals surface area contributed by atoms with E-state index in [1.54, 1.807) is 13.3 Å². The fourth-order valence-electron chi connectivity index (χ4n) is 3.69. The average Bonchev–Trinajstić information content (AvgIpc) is 3.38. The van der Waals surface area contributed by atoms with Crippen LogP contribution in [0.2, 0.25) is 0 Å². The molecule has 1 aromatic carbocycles. The summed E-state index contributed by atoms with van der Waals surface area (Å²) < 4.78 is 17.1. The molecule has 0 unspecified atom stereocenters. The van der Waals surface area contributed by atoms with E-state index in [0.29, 0.717) is 24.9 Å². The zero-order chi connectivity index (χ0) is 20.9. The Hall–Kier alpha value is -2.90. The van der Waals surface area contributed by atoms with Crippen LogP contribution in [-0.2, 0) is 4.74 Å². The number of furan rings is 1. The third kappa shape index (κ3) is 4.17. The van der Waals surface area contributed by atoms with Crippen molar-refractivity contribution in [3.8, 4) is 17.1 Å². The lowest BCUT2D eigenvalue weighted by atomic mass is 10.0. The standard InChI is InChI=1S/C23H25N3O3S/c1-3-28-17-9-7-16(8-10-17)19-11-12-20(29-19)22-21(18-6-4-5-13-24-18)25-23(30)26(22)14-15-27-2/h4-13,21-22H,3,14-15H2,1-2H3,(H,25,30)/t21-,22+/m1/s1. The number of thiocarbonyl (C=S) groups is 1. The van der Waals surface area contributed by atoms with E-state index in [0.717, 1.165) is 28.5 Å². The SMILES string of the molecule is CCOc1ccc(-c2ccc([C@H]3[C@@H](c4ccccn4)NC(=S)N3CCOC)o2)cc1. The highest BCUT2D eigenvalue weighted by molar-refractivity contribution is 7.80. The maximum atomic E-state index is 6.31. The fraction of sp³-hybridized carbons (Fsp3) is 0.304. The number of hydrogen-bond acceptors (Lipinski definition) is 5. The first kappa shape index (κ1) is 20.4. The van der Waals surface area contributed by atoms with Gasteiger partial charge in [0.1, 0.15) is 23.3 Å². The van der Waals surface area contributed by atoms with Crippen molar-refractivity contribution in [1.82, 2.24) is 15.2 Å². The van der Waals surface area contributed by atoms with Gasteiger partial charge in [0.25, 0.3) is 0 Å². The van der Waals surface area contributed by atoms with Crippen molar-refractivity contribution in [2.24, 2.45) is 0 Å². The van der Waals surface area contributed by atoms with Crippen LogP contribution in [0, 0.1) is 0 Å². The van der Waals surface area contributed by atoms with E-state index in [1.807, 2.05) is 61.5 Å². The Bertz CT molecular complexity index is 975. The van der Waals surface area contributed by atoms with E-state index in [-0.39, 0.29) is 12.1 Å². The zero-order valence-corrected chi connectivity index (χ0v) is 17.9. The van der Waals surface area contributed by atoms with Gasteiger partial charge in [-0.15, -0.1) is 0 Å². The number of methoxy groups -OCH3 is 1. The van der Waals surface area contributed by atoms with Gasteiger partial charge < -0.3 is 24.1 Å². The van der Waals surface area contributed by atoms with Gasteiger partial charge in [-0.05, 0) is 67.7 Å². The highest BCUT2D eigenvalue weighted by atomic mass is 32.1. The third-order valence-corrected chi connectivity index (χ3v) is 5.45. The number of nitrogens with one attached hydrogen (secondary N) is 1. The molecule has 0 spiro atoms. The van der Waals surface area contributed by atoms with Crippen LogP contribution >= 0.6 is 12.2 Å². The first-order valence-electron chi connectivity index (χ1n) is 10.0. The molecule has 156 valence electrons. The summed E-state index contributed by atoms with van der Waals surface area (Å²) in [5, 5.41) is 4.08. The minimum Gasteiger partial charge on any atom is -0.494 e. The molecule has 0 amide bonds. The highest BCUT2D eigenvalue weighted by Crippen LogP contribution is 2.40. The fourth-order valence-corrected chi connectivity index (χ4v) is 4.03. The number of hydrogen-bond donors (Lipinski definition) is 1. The third-order valence-electron chi connectivity index (χ3n) is 5.10. The summed E-state index contributed by atoms with van der Waals surface area (Å²) in [5.74, 6) is 2.48. The zero-order valence-electron chi connectivity index (χ0n) is 17.1. The smallest absolute Gasteiger partial charge is 0.170 e. The van der Waals surface area contributed by atoms with Crippen LogP contribution in [-0.4, -0.2) is 41.9 Å². The van der Waals surface area contributed by atoms with Crippen molar-refractivity contribution in [2.45, 2.75) is 19.0 Å². The maximum absolute atomic E-state index is 6.31. The molecule has 3 heterocycles. The normalized spacial score (nSPS) is 18.5. The highest BCUT2D eigenvalue weighted by Gasteiger charge is 2.41. The van der Waals surface area contributed by atoms with Crippen molar-refractivity contribution < 1.29 is 13.9 Å². The molecular weight excluding hydrogens is 398 g/mol. The summed E-state index contributed by atoms with van der Waals surface area (Å²) in [6, 6.07) is 17.6. The molecule has 1 N–H and O–H groups in total. The van der Waals surface area contributed by atoms with E-state index < -0.39 is 0 Å². The molecule has 3 aromatic rings. The molecule has 6 nitrogen and oxygen atoms in total. The van der Waals surface area contributed by atoms with E-state index in [9.17, 15) is 0 Å². The Morgan fingerprint density at radius 3 is 2.67 bits per heavy atom. The Morgan fingerprint density at radius 2 is 1.97 bits per heavy atom. The van der Waals surface area contributed by atoms with Gasteiger partial charge in [0.2, 0.25) is 0 Å². The second kappa shape index (κ2) is 9.28. The van der Waals surface area contributed by atoms with E-state index in [4.69, 9.17) is 26.1 Å². The minimum absolute atomic E-state index is 0.102. The van der Waals surface area contributed by atoms with Gasteiger partial charge in [0.15, 0.2) is 5.11 Å². The molecule has 1 fully saturated rings. The Balaban J connectivity index is 1.65. The topological polar surface area (TPSA) is 59.8 Å². The van der Waals surface area contributed by atoms with Crippen LogP contribution in [0.5, 0.6) is 5.75 Å². The monoisotopic (exact) mass is 423 g/mol. The number of nitrogens with zero attached hydrogens (tertiary/aromatic N) is 2. The Labute approximate surface area is 181 Å². The lowest BCUT2D eigenvalue weighted by Gasteiger charge is -2.25. The molecule has 1 saturated heterocycles. The van der Waals surface area contributed by atoms with Gasteiger partial charge in [0.05, 0.1) is 24.9 Å². The molecule has 30 heavy (non-hydrogen) atoms. The lowest BCUT2D eigenvalue weighted by Crippen LogP contribution is -2.32. The van der Waals surface area contributed by atoms with E-state index in [1.165, 1.54) is 0 Å². The summed E-state index contributed by atoms with van der Waals surface area (Å²) in [4.78, 5) is 6.65. The van der Waals surface area contributed by atoms with Crippen molar-refractivity contribution >= 4 is 17.3 Å². The summed E-state index contributed by atoms with van der Waals surface area (Å²) >= 11 is 5.62. The molecule has 2 aromatic heterocycles. The number of benzene rings is 1. The van der Waals surface area contributed by atoms with Crippen LogP contribution in [0.15, 0.2) is 65.2 Å². The molecule has 4 rings (SSSR count). The van der Waals surface area contributed by atoms with E-state index in [2.05, 4.69) is 15.2 Å². The van der Waals surface area contributed by atoms with Crippen molar-refractivity contribution in [1.29, 1.82) is 0 Å². The number of aromatic nitrogens is 1. The number of rotatable bonds is 8. The van der Waals surface area contributed by atoms with Crippen molar-refractivity contribution in [3.63, 3.8) is 0 Å². The second-order valence-corrected chi connectivity index (χ2v) is 7.36. The Morgan fingerprint density at radius 1 is 1.13 bits per heavy atom. The quantitative estimate of drug-likeness (QED) is 0.540. The van der Waals surface area contributed by atoms with Crippen molar-refractivity contribution in [2.75, 3.05) is 26.9 Å². The molecule has 0 aliphatic carbocycles. The van der Waals surface area contributed by atoms with Gasteiger partial charge >= 0.3 is 0 Å². The number of ether oxygens (including phenoxy) is 2. The molecule has 1 aliphatic rings. The first-order chi connectivity index (χ1) is 14.7. The van der Waals surface area contributed by atoms with Gasteiger partial charge in [-0.25, -0.2) is 0 Å². The summed E-state index contributed by atoms with van der Waals surface area (Å²) in [7, 11) is 1.69. The lowest BCUT2D eigenvalue weighted by molar-refractivity contribution is 0.158. The summed E-state index contributed by atoms with van der Waals surface area (Å²) in [5.41, 5.74) is 1.92. The molecule has 0 radical (unpaired) electrons. The predicted molar refractivity (Wildman–Crippen MR) is 119 cm³/mol. The second-order valence-electron chi connectivity index (χ2n) is 6.97. The Kier molecular flexibility index (Phi) is 6.30. The molecule has 0 bridgehead atoms. The van der Waals surface area contributed by atoms with Crippen LogP contribution in [0.25, 0.3) is 11.3 Å². The molecule has 0 saturated carbocycles. The molecule has 7 heteroatoms. The van der Waals surface area contributed by atoms with Gasteiger partial charge in [-0.3, -0.25) is 4.98 Å². The molecule has 2 atom stereocenters. The van der Waals surface area contributed by atoms with Gasteiger partial charge in [-0.1, -0.05) is 6.07 Å². The van der Waals surface area contributed by atoms with Crippen LogP contribution in [0.1, 0.15) is 30.5 Å². The van der Waals surface area contributed by atoms with Gasteiger partial charge in [-0.2, -0.15) is 0 Å². The molecular formula is C23H25N3O3S.